The average molecular weight is 300 g/mol. The largest absolute Gasteiger partial charge is 0.481 e. The highest BCUT2D eigenvalue weighted by molar-refractivity contribution is 5.86. The second kappa shape index (κ2) is 5.91. The number of aromatic nitrogens is 1. The third-order valence-corrected chi connectivity index (χ3v) is 4.90. The number of fused-ring (bicyclic) bond motifs is 2. The van der Waals surface area contributed by atoms with Crippen LogP contribution in [0.3, 0.4) is 0 Å². The maximum absolute atomic E-state index is 12.7. The molecule has 1 heterocycles. The zero-order valence-corrected chi connectivity index (χ0v) is 12.5. The molecule has 0 unspecified atom stereocenters. The third-order valence-electron chi connectivity index (χ3n) is 4.90. The van der Waals surface area contributed by atoms with Crippen molar-refractivity contribution in [2.24, 2.45) is 23.7 Å². The SMILES string of the molecule is C[C@H](NC(=O)[C@@H]1[C@H](C(=O)O)[C@H]2C=C[C@H]1CC2)c1ccncc1. The van der Waals surface area contributed by atoms with Crippen LogP contribution in [0.4, 0.5) is 0 Å². The number of carboxylic acids is 1. The van der Waals surface area contributed by atoms with Crippen LogP contribution in [0, 0.1) is 23.7 Å². The van der Waals surface area contributed by atoms with Crippen LogP contribution in [0.25, 0.3) is 0 Å². The van der Waals surface area contributed by atoms with E-state index in [2.05, 4.69) is 10.3 Å². The second-order valence-corrected chi connectivity index (χ2v) is 6.19. The van der Waals surface area contributed by atoms with Gasteiger partial charge in [-0.25, -0.2) is 0 Å². The Bertz CT molecular complexity index is 599. The number of carbonyl (C=O) groups is 2. The number of aliphatic carboxylic acids is 1. The van der Waals surface area contributed by atoms with Crippen molar-refractivity contribution < 1.29 is 14.7 Å². The molecule has 1 aromatic heterocycles. The first-order valence-electron chi connectivity index (χ1n) is 7.69. The van der Waals surface area contributed by atoms with E-state index in [1.165, 1.54) is 0 Å². The molecule has 1 aromatic rings. The van der Waals surface area contributed by atoms with Crippen molar-refractivity contribution in [2.75, 3.05) is 0 Å². The van der Waals surface area contributed by atoms with Crippen LogP contribution in [0.5, 0.6) is 0 Å². The molecule has 1 amide bonds. The van der Waals surface area contributed by atoms with Gasteiger partial charge >= 0.3 is 5.97 Å². The number of hydrogen-bond donors (Lipinski definition) is 2. The average Bonchev–Trinajstić information content (AvgIpc) is 2.55. The maximum Gasteiger partial charge on any atom is 0.307 e. The summed E-state index contributed by atoms with van der Waals surface area (Å²) < 4.78 is 0. The summed E-state index contributed by atoms with van der Waals surface area (Å²) in [5.41, 5.74) is 0.965. The fraction of sp³-hybridized carbons (Fsp3) is 0.471. The molecular weight excluding hydrogens is 280 g/mol. The Morgan fingerprint density at radius 3 is 2.32 bits per heavy atom. The van der Waals surface area contributed by atoms with Crippen LogP contribution in [0.1, 0.15) is 31.4 Å². The van der Waals surface area contributed by atoms with Gasteiger partial charge in [-0.1, -0.05) is 12.2 Å². The van der Waals surface area contributed by atoms with E-state index in [4.69, 9.17) is 0 Å². The highest BCUT2D eigenvalue weighted by atomic mass is 16.4. The molecule has 3 aliphatic rings. The molecule has 22 heavy (non-hydrogen) atoms. The molecule has 2 N–H and O–H groups in total. The van der Waals surface area contributed by atoms with Gasteiger partial charge in [-0.15, -0.1) is 0 Å². The molecule has 1 saturated carbocycles. The Balaban J connectivity index is 1.76. The Morgan fingerprint density at radius 2 is 1.77 bits per heavy atom. The van der Waals surface area contributed by atoms with Gasteiger partial charge in [-0.3, -0.25) is 14.6 Å². The zero-order valence-electron chi connectivity index (χ0n) is 12.5. The van der Waals surface area contributed by atoms with Gasteiger partial charge in [0.15, 0.2) is 0 Å². The normalized spacial score (nSPS) is 30.8. The molecule has 2 bridgehead atoms. The second-order valence-electron chi connectivity index (χ2n) is 6.19. The minimum atomic E-state index is -0.865. The molecule has 1 fully saturated rings. The van der Waals surface area contributed by atoms with Crippen LogP contribution >= 0.6 is 0 Å². The monoisotopic (exact) mass is 300 g/mol. The van der Waals surface area contributed by atoms with E-state index >= 15 is 0 Å². The molecule has 5 nitrogen and oxygen atoms in total. The first kappa shape index (κ1) is 14.8. The van der Waals surface area contributed by atoms with Crippen molar-refractivity contribution in [2.45, 2.75) is 25.8 Å². The molecule has 5 heteroatoms. The van der Waals surface area contributed by atoms with Crippen LogP contribution in [-0.4, -0.2) is 22.0 Å². The van der Waals surface area contributed by atoms with Gasteiger partial charge < -0.3 is 10.4 Å². The fourth-order valence-corrected chi connectivity index (χ4v) is 3.73. The molecule has 0 radical (unpaired) electrons. The van der Waals surface area contributed by atoms with E-state index in [1.54, 1.807) is 12.4 Å². The first-order chi connectivity index (χ1) is 10.6. The van der Waals surface area contributed by atoms with Gasteiger partial charge in [0.05, 0.1) is 17.9 Å². The van der Waals surface area contributed by atoms with Gasteiger partial charge in [-0.2, -0.15) is 0 Å². The van der Waals surface area contributed by atoms with E-state index in [9.17, 15) is 14.7 Å². The summed E-state index contributed by atoms with van der Waals surface area (Å²) in [6.07, 6.45) is 9.12. The van der Waals surface area contributed by atoms with E-state index in [-0.39, 0.29) is 23.8 Å². The van der Waals surface area contributed by atoms with Gasteiger partial charge in [0, 0.05) is 12.4 Å². The topological polar surface area (TPSA) is 79.3 Å². The van der Waals surface area contributed by atoms with Crippen molar-refractivity contribution in [3.63, 3.8) is 0 Å². The molecule has 5 atom stereocenters. The van der Waals surface area contributed by atoms with Crippen molar-refractivity contribution in [3.05, 3.63) is 42.2 Å². The highest BCUT2D eigenvalue weighted by Gasteiger charge is 2.48. The molecule has 0 spiro atoms. The Morgan fingerprint density at radius 1 is 1.18 bits per heavy atom. The molecule has 0 aliphatic heterocycles. The summed E-state index contributed by atoms with van der Waals surface area (Å²) >= 11 is 0. The quantitative estimate of drug-likeness (QED) is 0.835. The first-order valence-corrected chi connectivity index (χ1v) is 7.69. The smallest absolute Gasteiger partial charge is 0.307 e. The molecule has 0 aromatic carbocycles. The third kappa shape index (κ3) is 2.63. The fourth-order valence-electron chi connectivity index (χ4n) is 3.73. The minimum absolute atomic E-state index is 0.0190. The lowest BCUT2D eigenvalue weighted by Gasteiger charge is -2.42. The summed E-state index contributed by atoms with van der Waals surface area (Å²) in [4.78, 5) is 28.2. The van der Waals surface area contributed by atoms with Crippen molar-refractivity contribution in [1.82, 2.24) is 10.3 Å². The lowest BCUT2D eigenvalue weighted by Crippen LogP contribution is -2.49. The summed E-state index contributed by atoms with van der Waals surface area (Å²) in [5, 5.41) is 12.5. The van der Waals surface area contributed by atoms with Crippen molar-refractivity contribution >= 4 is 11.9 Å². The Labute approximate surface area is 129 Å². The molecule has 0 saturated heterocycles. The number of nitrogens with zero attached hydrogens (tertiary/aromatic N) is 1. The Hall–Kier alpha value is -2.17. The van der Waals surface area contributed by atoms with E-state index in [0.717, 1.165) is 18.4 Å². The zero-order chi connectivity index (χ0) is 15.7. The van der Waals surface area contributed by atoms with E-state index < -0.39 is 17.8 Å². The highest BCUT2D eigenvalue weighted by Crippen LogP contribution is 2.45. The lowest BCUT2D eigenvalue weighted by molar-refractivity contribution is -0.153. The summed E-state index contributed by atoms with van der Waals surface area (Å²) in [5.74, 6) is -2.07. The number of amides is 1. The predicted octanol–water partition coefficient (Wildman–Crippen LogP) is 2.17. The van der Waals surface area contributed by atoms with Crippen molar-refractivity contribution in [3.8, 4) is 0 Å². The van der Waals surface area contributed by atoms with E-state index in [0.29, 0.717) is 0 Å². The van der Waals surface area contributed by atoms with Crippen LogP contribution in [-0.2, 0) is 9.59 Å². The summed E-state index contributed by atoms with van der Waals surface area (Å²) in [6.45, 7) is 1.90. The molecule has 116 valence electrons. The van der Waals surface area contributed by atoms with E-state index in [1.807, 2.05) is 31.2 Å². The van der Waals surface area contributed by atoms with Gasteiger partial charge in [-0.05, 0) is 49.3 Å². The predicted molar refractivity (Wildman–Crippen MR) is 80.8 cm³/mol. The van der Waals surface area contributed by atoms with Crippen LogP contribution < -0.4 is 5.32 Å². The number of nitrogens with one attached hydrogen (secondary N) is 1. The van der Waals surface area contributed by atoms with Crippen molar-refractivity contribution in [1.29, 1.82) is 0 Å². The lowest BCUT2D eigenvalue weighted by atomic mass is 9.62. The number of hydrogen-bond acceptors (Lipinski definition) is 3. The standard InChI is InChI=1S/C17H20N2O3/c1-10(11-6-8-18-9-7-11)19-16(20)14-12-2-4-13(5-3-12)15(14)17(21)22/h2,4,6-10,12-15H,3,5H2,1H3,(H,19,20)(H,21,22)/t10-,12-,13-,14-,15+/m0/s1. The number of pyridine rings is 1. The number of rotatable bonds is 4. The number of allylic oxidation sites excluding steroid dienone is 2. The summed E-state index contributed by atoms with van der Waals surface area (Å²) in [6, 6.07) is 3.55. The van der Waals surface area contributed by atoms with Crippen LogP contribution in [0.2, 0.25) is 0 Å². The summed E-state index contributed by atoms with van der Waals surface area (Å²) in [7, 11) is 0. The molecule has 4 rings (SSSR count). The van der Waals surface area contributed by atoms with Crippen LogP contribution in [0.15, 0.2) is 36.7 Å². The van der Waals surface area contributed by atoms with Gasteiger partial charge in [0.2, 0.25) is 5.91 Å². The minimum Gasteiger partial charge on any atom is -0.481 e. The number of carboxylic acid groups (broad SMARTS) is 1. The molecular formula is C17H20N2O3. The Kier molecular flexibility index (Phi) is 3.96. The number of carbonyl (C=O) groups excluding carboxylic acids is 1. The maximum atomic E-state index is 12.7. The molecule has 3 aliphatic carbocycles. The van der Waals surface area contributed by atoms with Gasteiger partial charge in [0.25, 0.3) is 0 Å². The van der Waals surface area contributed by atoms with Gasteiger partial charge in [0.1, 0.15) is 0 Å².